The van der Waals surface area contributed by atoms with Crippen LogP contribution in [0.2, 0.25) is 0 Å². The van der Waals surface area contributed by atoms with E-state index < -0.39 is 0 Å². The number of aryl methyl sites for hydroxylation is 2. The number of carbonyl (C=O) groups excluding carboxylic acids is 1. The first-order valence-corrected chi connectivity index (χ1v) is 7.28. The number of nitrogens with zero attached hydrogens (tertiary/aromatic N) is 4. The molecule has 0 aliphatic rings. The van der Waals surface area contributed by atoms with Gasteiger partial charge in [-0.3, -0.25) is 10.00 Å². The van der Waals surface area contributed by atoms with Crippen molar-refractivity contribution in [1.82, 2.24) is 24.7 Å². The minimum absolute atomic E-state index is 0.260. The zero-order chi connectivity index (χ0) is 14.5. The highest BCUT2D eigenvalue weighted by Crippen LogP contribution is 2.15. The number of carbonyl (C=O) groups is 1. The molecule has 2 aromatic heterocycles. The van der Waals surface area contributed by atoms with E-state index in [2.05, 4.69) is 39.2 Å². The summed E-state index contributed by atoms with van der Waals surface area (Å²) in [6.45, 7) is 4.62. The highest BCUT2D eigenvalue weighted by molar-refractivity contribution is 7.10. The second-order valence-corrected chi connectivity index (χ2v) is 5.08. The van der Waals surface area contributed by atoms with Crippen molar-refractivity contribution in [3.05, 3.63) is 23.1 Å². The van der Waals surface area contributed by atoms with Crippen LogP contribution < -0.4 is 10.6 Å². The van der Waals surface area contributed by atoms with Gasteiger partial charge < -0.3 is 5.32 Å². The zero-order valence-corrected chi connectivity index (χ0v) is 12.6. The van der Waals surface area contributed by atoms with Crippen LogP contribution in [0.25, 0.3) is 0 Å². The first kappa shape index (κ1) is 14.4. The molecule has 0 saturated heterocycles. The Balaban J connectivity index is 2.01. The van der Waals surface area contributed by atoms with Gasteiger partial charge in [0.2, 0.25) is 0 Å². The number of hydrogen-bond donors (Lipinski definition) is 2. The smallest absolute Gasteiger partial charge is 0.320 e. The Morgan fingerprint density at radius 3 is 2.80 bits per heavy atom. The summed E-state index contributed by atoms with van der Waals surface area (Å²) in [4.78, 5) is 11.8. The van der Waals surface area contributed by atoms with Gasteiger partial charge in [-0.2, -0.15) is 5.10 Å². The number of nitrogens with one attached hydrogen (secondary N) is 2. The third kappa shape index (κ3) is 3.13. The van der Waals surface area contributed by atoms with E-state index in [1.165, 1.54) is 6.20 Å². The van der Waals surface area contributed by atoms with Gasteiger partial charge in [0.25, 0.3) is 0 Å². The molecule has 7 nitrogen and oxygen atoms in total. The fourth-order valence-electron chi connectivity index (χ4n) is 2.14. The summed E-state index contributed by atoms with van der Waals surface area (Å²) in [6.07, 6.45) is 3.26. The minimum Gasteiger partial charge on any atom is -0.334 e. The van der Waals surface area contributed by atoms with E-state index in [1.807, 2.05) is 11.7 Å². The van der Waals surface area contributed by atoms with Gasteiger partial charge in [0.15, 0.2) is 0 Å². The van der Waals surface area contributed by atoms with Gasteiger partial charge in [0.1, 0.15) is 5.00 Å². The quantitative estimate of drug-likeness (QED) is 0.879. The third-order valence-corrected chi connectivity index (χ3v) is 3.63. The van der Waals surface area contributed by atoms with Crippen LogP contribution >= 0.6 is 11.5 Å². The standard InChI is InChI=1S/C12H18N6OS/c1-4-9-8(10(5-2)18(3)16-9)6-13-12(19)15-11-7-14-17-20-11/h7H,4-6H2,1-3H3,(H2,13,15,19). The molecule has 0 atom stereocenters. The van der Waals surface area contributed by atoms with Crippen molar-refractivity contribution in [2.45, 2.75) is 33.2 Å². The van der Waals surface area contributed by atoms with Crippen LogP contribution in [0.15, 0.2) is 6.20 Å². The van der Waals surface area contributed by atoms with Crippen molar-refractivity contribution in [3.8, 4) is 0 Å². The van der Waals surface area contributed by atoms with Gasteiger partial charge in [-0.25, -0.2) is 4.79 Å². The summed E-state index contributed by atoms with van der Waals surface area (Å²) in [5.74, 6) is 0. The maximum Gasteiger partial charge on any atom is 0.320 e. The molecule has 8 heteroatoms. The Labute approximate surface area is 121 Å². The van der Waals surface area contributed by atoms with E-state index in [4.69, 9.17) is 0 Å². The van der Waals surface area contributed by atoms with Gasteiger partial charge in [-0.1, -0.05) is 18.3 Å². The number of rotatable bonds is 5. The molecule has 0 aromatic carbocycles. The highest BCUT2D eigenvalue weighted by atomic mass is 32.1. The summed E-state index contributed by atoms with van der Waals surface area (Å²) >= 11 is 1.14. The summed E-state index contributed by atoms with van der Waals surface area (Å²) in [5.41, 5.74) is 3.29. The molecule has 0 bridgehead atoms. The minimum atomic E-state index is -0.260. The molecule has 0 saturated carbocycles. The van der Waals surface area contributed by atoms with Crippen LogP contribution in [0, 0.1) is 0 Å². The largest absolute Gasteiger partial charge is 0.334 e. The summed E-state index contributed by atoms with van der Waals surface area (Å²) in [7, 11) is 1.94. The lowest BCUT2D eigenvalue weighted by atomic mass is 10.1. The molecule has 2 N–H and O–H groups in total. The van der Waals surface area contributed by atoms with Crippen molar-refractivity contribution >= 4 is 22.6 Å². The van der Waals surface area contributed by atoms with E-state index in [1.54, 1.807) is 0 Å². The van der Waals surface area contributed by atoms with Gasteiger partial charge in [-0.05, 0) is 12.8 Å². The van der Waals surface area contributed by atoms with Crippen molar-refractivity contribution in [3.63, 3.8) is 0 Å². The second-order valence-electron chi connectivity index (χ2n) is 4.29. The molecule has 2 amide bonds. The summed E-state index contributed by atoms with van der Waals surface area (Å²) < 4.78 is 5.58. The Hall–Kier alpha value is -1.96. The first-order chi connectivity index (χ1) is 9.65. The summed E-state index contributed by atoms with van der Waals surface area (Å²) in [6, 6.07) is -0.260. The molecule has 0 fully saturated rings. The van der Waals surface area contributed by atoms with E-state index in [9.17, 15) is 4.79 Å². The maximum absolute atomic E-state index is 11.8. The van der Waals surface area contributed by atoms with Crippen LogP contribution in [0.4, 0.5) is 9.80 Å². The number of amides is 2. The number of anilines is 1. The molecule has 2 heterocycles. The lowest BCUT2D eigenvalue weighted by molar-refractivity contribution is 0.252. The molecule has 0 aliphatic carbocycles. The SMILES string of the molecule is CCc1nn(C)c(CC)c1CNC(=O)Nc1cnns1. The van der Waals surface area contributed by atoms with Crippen LogP contribution in [0.5, 0.6) is 0 Å². The lowest BCUT2D eigenvalue weighted by Crippen LogP contribution is -2.28. The second kappa shape index (κ2) is 6.47. The first-order valence-electron chi connectivity index (χ1n) is 6.51. The van der Waals surface area contributed by atoms with E-state index >= 15 is 0 Å². The van der Waals surface area contributed by atoms with E-state index in [0.29, 0.717) is 11.5 Å². The Bertz CT molecular complexity index is 577. The monoisotopic (exact) mass is 294 g/mol. The molecular formula is C12H18N6OS. The number of urea groups is 1. The molecule has 2 rings (SSSR count). The zero-order valence-electron chi connectivity index (χ0n) is 11.8. The third-order valence-electron chi connectivity index (χ3n) is 3.05. The molecule has 2 aromatic rings. The van der Waals surface area contributed by atoms with Crippen molar-refractivity contribution in [2.75, 3.05) is 5.32 Å². The van der Waals surface area contributed by atoms with Crippen molar-refractivity contribution in [2.24, 2.45) is 7.05 Å². The average molecular weight is 294 g/mol. The molecule has 108 valence electrons. The van der Waals surface area contributed by atoms with Crippen LogP contribution in [0.1, 0.15) is 30.8 Å². The van der Waals surface area contributed by atoms with Crippen molar-refractivity contribution < 1.29 is 4.79 Å². The fourth-order valence-corrected chi connectivity index (χ4v) is 2.56. The topological polar surface area (TPSA) is 84.7 Å². The highest BCUT2D eigenvalue weighted by Gasteiger charge is 2.14. The molecular weight excluding hydrogens is 276 g/mol. The molecule has 20 heavy (non-hydrogen) atoms. The van der Waals surface area contributed by atoms with E-state index in [0.717, 1.165) is 41.3 Å². The Morgan fingerprint density at radius 1 is 1.40 bits per heavy atom. The lowest BCUT2D eigenvalue weighted by Gasteiger charge is -2.07. The molecule has 0 unspecified atom stereocenters. The predicted molar refractivity (Wildman–Crippen MR) is 77.7 cm³/mol. The van der Waals surface area contributed by atoms with Gasteiger partial charge in [-0.15, -0.1) is 5.10 Å². The van der Waals surface area contributed by atoms with Gasteiger partial charge >= 0.3 is 6.03 Å². The van der Waals surface area contributed by atoms with Crippen molar-refractivity contribution in [1.29, 1.82) is 0 Å². The van der Waals surface area contributed by atoms with Gasteiger partial charge in [0.05, 0.1) is 11.9 Å². The molecule has 0 spiro atoms. The maximum atomic E-state index is 11.8. The molecule has 0 radical (unpaired) electrons. The number of aromatic nitrogens is 4. The number of hydrogen-bond acceptors (Lipinski definition) is 5. The van der Waals surface area contributed by atoms with Gasteiger partial charge in [0, 0.05) is 36.4 Å². The van der Waals surface area contributed by atoms with E-state index in [-0.39, 0.29) is 6.03 Å². The molecule has 0 aliphatic heterocycles. The average Bonchev–Trinajstić information content (AvgIpc) is 3.03. The Kier molecular flexibility index (Phi) is 4.67. The van der Waals surface area contributed by atoms with Crippen LogP contribution in [-0.2, 0) is 26.4 Å². The normalized spacial score (nSPS) is 10.6. The van der Waals surface area contributed by atoms with Crippen LogP contribution in [0.3, 0.4) is 0 Å². The Morgan fingerprint density at radius 2 is 2.20 bits per heavy atom. The predicted octanol–water partition coefficient (Wildman–Crippen LogP) is 1.72. The fraction of sp³-hybridized carbons (Fsp3) is 0.500. The summed E-state index contributed by atoms with van der Waals surface area (Å²) in [5, 5.41) is 14.3. The van der Waals surface area contributed by atoms with Crippen LogP contribution in [-0.4, -0.2) is 25.4 Å².